The van der Waals surface area contributed by atoms with Crippen molar-refractivity contribution in [1.29, 1.82) is 0 Å². The van der Waals surface area contributed by atoms with Gasteiger partial charge in [-0.1, -0.05) is 50.1 Å². The van der Waals surface area contributed by atoms with Crippen LogP contribution in [-0.2, 0) is 11.8 Å². The summed E-state index contributed by atoms with van der Waals surface area (Å²) in [5, 5.41) is 0.875. The molecule has 1 nitrogen and oxygen atoms in total. The molecule has 0 bridgehead atoms. The quantitative estimate of drug-likeness (QED) is 0.580. The molecule has 1 aliphatic heterocycles. The fourth-order valence-corrected chi connectivity index (χ4v) is 3.72. The number of hydrogen-bond acceptors (Lipinski definition) is 1. The summed E-state index contributed by atoms with van der Waals surface area (Å²) in [6, 6.07) is 15.4. The molecule has 0 unspecified atom stereocenters. The third-order valence-corrected chi connectivity index (χ3v) is 4.93. The second kappa shape index (κ2) is 6.31. The molecular formula is C17H17Br2N. The van der Waals surface area contributed by atoms with Crippen LogP contribution in [0.2, 0.25) is 0 Å². The van der Waals surface area contributed by atoms with E-state index in [1.807, 2.05) is 0 Å². The van der Waals surface area contributed by atoms with Gasteiger partial charge in [-0.3, -0.25) is 0 Å². The van der Waals surface area contributed by atoms with Crippen molar-refractivity contribution in [2.24, 2.45) is 0 Å². The predicted molar refractivity (Wildman–Crippen MR) is 93.2 cm³/mol. The van der Waals surface area contributed by atoms with E-state index in [1.165, 1.54) is 41.8 Å². The molecule has 3 rings (SSSR count). The number of fused-ring (bicyclic) bond motifs is 1. The maximum Gasteiger partial charge on any atom is 0.0452 e. The third kappa shape index (κ3) is 2.79. The zero-order chi connectivity index (χ0) is 13.9. The van der Waals surface area contributed by atoms with E-state index in [-0.39, 0.29) is 0 Å². The van der Waals surface area contributed by atoms with E-state index in [0.717, 1.165) is 16.3 Å². The maximum absolute atomic E-state index is 3.62. The van der Waals surface area contributed by atoms with Crippen LogP contribution in [0.4, 0.5) is 11.4 Å². The Balaban J connectivity index is 2.10. The van der Waals surface area contributed by atoms with Crippen molar-refractivity contribution in [3.63, 3.8) is 0 Å². The highest BCUT2D eigenvalue weighted by atomic mass is 79.9. The number of para-hydroxylation sites is 1. The average Bonchev–Trinajstić information content (AvgIpc) is 2.69. The molecule has 0 amide bonds. The van der Waals surface area contributed by atoms with Gasteiger partial charge in [-0.2, -0.15) is 0 Å². The number of alkyl halides is 1. The van der Waals surface area contributed by atoms with Crippen molar-refractivity contribution in [3.05, 3.63) is 58.1 Å². The molecule has 104 valence electrons. The zero-order valence-electron chi connectivity index (χ0n) is 11.3. The monoisotopic (exact) mass is 393 g/mol. The normalized spacial score (nSPS) is 14.8. The highest BCUT2D eigenvalue weighted by molar-refractivity contribution is 9.10. The lowest BCUT2D eigenvalue weighted by Gasteiger charge is -2.27. The molecule has 0 spiro atoms. The highest BCUT2D eigenvalue weighted by Crippen LogP contribution is 2.36. The third-order valence-electron chi connectivity index (χ3n) is 3.84. The molecule has 3 heteroatoms. The largest absolute Gasteiger partial charge is 0.341 e. The topological polar surface area (TPSA) is 3.24 Å². The molecule has 0 saturated heterocycles. The van der Waals surface area contributed by atoms with Crippen molar-refractivity contribution in [3.8, 4) is 0 Å². The number of rotatable bonds is 2. The summed E-state index contributed by atoms with van der Waals surface area (Å²) in [5.74, 6) is 0. The Morgan fingerprint density at radius 2 is 1.85 bits per heavy atom. The lowest BCUT2D eigenvalue weighted by atomic mass is 10.1. The molecule has 2 aromatic carbocycles. The smallest absolute Gasteiger partial charge is 0.0452 e. The van der Waals surface area contributed by atoms with Crippen LogP contribution in [-0.4, -0.2) is 6.54 Å². The SMILES string of the molecule is BrCc1cc(Br)ccc1N1CCCCc2ccccc21. The fourth-order valence-electron chi connectivity index (χ4n) is 2.87. The Bertz CT molecular complexity index is 610. The van der Waals surface area contributed by atoms with Crippen molar-refractivity contribution < 1.29 is 0 Å². The summed E-state index contributed by atoms with van der Waals surface area (Å²) >= 11 is 7.19. The summed E-state index contributed by atoms with van der Waals surface area (Å²) in [7, 11) is 0. The number of benzene rings is 2. The molecule has 0 aromatic heterocycles. The molecule has 0 saturated carbocycles. The van der Waals surface area contributed by atoms with E-state index >= 15 is 0 Å². The molecule has 2 aromatic rings. The zero-order valence-corrected chi connectivity index (χ0v) is 14.5. The van der Waals surface area contributed by atoms with Crippen LogP contribution in [0.25, 0.3) is 0 Å². The van der Waals surface area contributed by atoms with E-state index in [2.05, 4.69) is 79.2 Å². The lowest BCUT2D eigenvalue weighted by molar-refractivity contribution is 0.760. The van der Waals surface area contributed by atoms with Gasteiger partial charge in [-0.15, -0.1) is 0 Å². The van der Waals surface area contributed by atoms with Gasteiger partial charge in [0.15, 0.2) is 0 Å². The van der Waals surface area contributed by atoms with Crippen LogP contribution in [0, 0.1) is 0 Å². The number of hydrogen-bond donors (Lipinski definition) is 0. The lowest BCUT2D eigenvalue weighted by Crippen LogP contribution is -2.19. The summed E-state index contributed by atoms with van der Waals surface area (Å²) < 4.78 is 1.14. The molecule has 0 radical (unpaired) electrons. The van der Waals surface area contributed by atoms with E-state index in [1.54, 1.807) is 0 Å². The number of aryl methyl sites for hydroxylation is 1. The van der Waals surface area contributed by atoms with Crippen LogP contribution in [0.5, 0.6) is 0 Å². The van der Waals surface area contributed by atoms with Crippen LogP contribution < -0.4 is 4.90 Å². The first kappa shape index (κ1) is 14.2. The van der Waals surface area contributed by atoms with Gasteiger partial charge in [0, 0.05) is 27.7 Å². The van der Waals surface area contributed by atoms with Gasteiger partial charge in [-0.05, 0) is 54.7 Å². The summed E-state index contributed by atoms with van der Waals surface area (Å²) in [6.07, 6.45) is 3.70. The predicted octanol–water partition coefficient (Wildman–Crippen LogP) is 5.82. The van der Waals surface area contributed by atoms with Crippen molar-refractivity contribution in [2.45, 2.75) is 24.6 Å². The molecule has 0 N–H and O–H groups in total. The van der Waals surface area contributed by atoms with E-state index < -0.39 is 0 Å². The van der Waals surface area contributed by atoms with Gasteiger partial charge in [0.1, 0.15) is 0 Å². The molecule has 0 fully saturated rings. The van der Waals surface area contributed by atoms with Crippen LogP contribution in [0.15, 0.2) is 46.9 Å². The van der Waals surface area contributed by atoms with Crippen LogP contribution >= 0.6 is 31.9 Å². The Hall–Kier alpha value is -0.800. The van der Waals surface area contributed by atoms with Crippen LogP contribution in [0.3, 0.4) is 0 Å². The second-order valence-corrected chi connectivity index (χ2v) is 6.62. The molecule has 1 aliphatic rings. The summed E-state index contributed by atoms with van der Waals surface area (Å²) in [6.45, 7) is 1.10. The summed E-state index contributed by atoms with van der Waals surface area (Å²) in [4.78, 5) is 2.48. The minimum Gasteiger partial charge on any atom is -0.341 e. The minimum absolute atomic E-state index is 0.875. The number of anilines is 2. The van der Waals surface area contributed by atoms with E-state index in [9.17, 15) is 0 Å². The van der Waals surface area contributed by atoms with Gasteiger partial charge in [0.05, 0.1) is 0 Å². The first-order valence-corrected chi connectivity index (χ1v) is 8.91. The van der Waals surface area contributed by atoms with Gasteiger partial charge in [0.25, 0.3) is 0 Å². The number of nitrogens with zero attached hydrogens (tertiary/aromatic N) is 1. The maximum atomic E-state index is 3.62. The fraction of sp³-hybridized carbons (Fsp3) is 0.294. The van der Waals surface area contributed by atoms with Gasteiger partial charge >= 0.3 is 0 Å². The second-order valence-electron chi connectivity index (χ2n) is 5.14. The molecule has 1 heterocycles. The highest BCUT2D eigenvalue weighted by Gasteiger charge is 2.18. The van der Waals surface area contributed by atoms with Gasteiger partial charge < -0.3 is 4.90 Å². The summed E-state index contributed by atoms with van der Waals surface area (Å²) in [5.41, 5.74) is 5.48. The molecule has 20 heavy (non-hydrogen) atoms. The Kier molecular flexibility index (Phi) is 4.47. The molecule has 0 aliphatic carbocycles. The Morgan fingerprint density at radius 1 is 1.00 bits per heavy atom. The minimum atomic E-state index is 0.875. The molecular weight excluding hydrogens is 378 g/mol. The number of halogens is 2. The Labute approximate surface area is 137 Å². The Morgan fingerprint density at radius 3 is 2.70 bits per heavy atom. The first-order valence-electron chi connectivity index (χ1n) is 6.99. The van der Waals surface area contributed by atoms with Crippen molar-refractivity contribution in [2.75, 3.05) is 11.4 Å². The standard InChI is InChI=1S/C17H17Br2N/c18-12-14-11-15(19)8-9-17(14)20-10-4-3-6-13-5-1-2-7-16(13)20/h1-2,5,7-9,11H,3-4,6,10,12H2. The van der Waals surface area contributed by atoms with Gasteiger partial charge in [0.2, 0.25) is 0 Å². The van der Waals surface area contributed by atoms with Crippen molar-refractivity contribution in [1.82, 2.24) is 0 Å². The first-order chi connectivity index (χ1) is 9.79. The van der Waals surface area contributed by atoms with Crippen molar-refractivity contribution >= 4 is 43.2 Å². The molecule has 0 atom stereocenters. The van der Waals surface area contributed by atoms with Crippen LogP contribution in [0.1, 0.15) is 24.0 Å². The van der Waals surface area contributed by atoms with E-state index in [0.29, 0.717) is 0 Å². The average molecular weight is 395 g/mol. The van der Waals surface area contributed by atoms with Gasteiger partial charge in [-0.25, -0.2) is 0 Å². The van der Waals surface area contributed by atoms with E-state index in [4.69, 9.17) is 0 Å².